The van der Waals surface area contributed by atoms with E-state index in [2.05, 4.69) is 27.7 Å². The van der Waals surface area contributed by atoms with Crippen molar-refractivity contribution in [3.8, 4) is 0 Å². The van der Waals surface area contributed by atoms with Crippen LogP contribution < -0.4 is 11.5 Å². The summed E-state index contributed by atoms with van der Waals surface area (Å²) >= 11 is 0. The molecule has 0 saturated heterocycles. The zero-order chi connectivity index (χ0) is 9.72. The minimum absolute atomic E-state index is 0.295. The molecule has 0 amide bonds. The predicted molar refractivity (Wildman–Crippen MR) is 54.9 cm³/mol. The highest BCUT2D eigenvalue weighted by Gasteiger charge is 2.17. The summed E-state index contributed by atoms with van der Waals surface area (Å²) in [7, 11) is 0. The van der Waals surface area contributed by atoms with Gasteiger partial charge in [0.1, 0.15) is 0 Å². The topological polar surface area (TPSA) is 52.0 Å². The fourth-order valence-corrected chi connectivity index (χ4v) is 1.66. The lowest BCUT2D eigenvalue weighted by molar-refractivity contribution is 0.298. The summed E-state index contributed by atoms with van der Waals surface area (Å²) in [5.74, 6) is 1.29. The molecule has 0 radical (unpaired) electrons. The zero-order valence-electron chi connectivity index (χ0n) is 8.88. The van der Waals surface area contributed by atoms with Crippen LogP contribution in [0.2, 0.25) is 0 Å². The molecule has 0 spiro atoms. The largest absolute Gasteiger partial charge is 0.328 e. The monoisotopic (exact) mass is 172 g/mol. The first-order valence-electron chi connectivity index (χ1n) is 4.96. The Balaban J connectivity index is 3.80. The standard InChI is InChI=1S/C10H24N2/c1-7(2)10(9(4)12)6-5-8(3)11/h7-10H,5-6,11-12H2,1-4H3. The summed E-state index contributed by atoms with van der Waals surface area (Å²) in [6.45, 7) is 8.61. The van der Waals surface area contributed by atoms with E-state index in [0.29, 0.717) is 23.9 Å². The Bertz CT molecular complexity index is 100. The quantitative estimate of drug-likeness (QED) is 0.663. The lowest BCUT2D eigenvalue weighted by atomic mass is 9.85. The maximum absolute atomic E-state index is 5.88. The van der Waals surface area contributed by atoms with Crippen molar-refractivity contribution in [1.29, 1.82) is 0 Å². The number of rotatable bonds is 5. The Hall–Kier alpha value is -0.0800. The predicted octanol–water partition coefficient (Wildman–Crippen LogP) is 1.73. The van der Waals surface area contributed by atoms with Crippen LogP contribution in [0.4, 0.5) is 0 Å². The van der Waals surface area contributed by atoms with Gasteiger partial charge in [0.05, 0.1) is 0 Å². The molecule has 0 aromatic carbocycles. The van der Waals surface area contributed by atoms with E-state index >= 15 is 0 Å². The van der Waals surface area contributed by atoms with Gasteiger partial charge >= 0.3 is 0 Å². The van der Waals surface area contributed by atoms with Gasteiger partial charge in [0.15, 0.2) is 0 Å². The molecule has 0 rings (SSSR count). The molecule has 2 nitrogen and oxygen atoms in total. The fraction of sp³-hybridized carbons (Fsp3) is 1.00. The minimum Gasteiger partial charge on any atom is -0.328 e. The summed E-state index contributed by atoms with van der Waals surface area (Å²) in [5.41, 5.74) is 11.6. The third-order valence-electron chi connectivity index (χ3n) is 2.49. The van der Waals surface area contributed by atoms with Crippen molar-refractivity contribution in [3.05, 3.63) is 0 Å². The average Bonchev–Trinajstić information content (AvgIpc) is 1.84. The van der Waals surface area contributed by atoms with Crippen LogP contribution in [0.1, 0.15) is 40.5 Å². The van der Waals surface area contributed by atoms with Crippen molar-refractivity contribution in [2.45, 2.75) is 52.6 Å². The van der Waals surface area contributed by atoms with Crippen LogP contribution in [0.5, 0.6) is 0 Å². The van der Waals surface area contributed by atoms with Crippen molar-refractivity contribution in [3.63, 3.8) is 0 Å². The number of hydrogen-bond acceptors (Lipinski definition) is 2. The van der Waals surface area contributed by atoms with Crippen molar-refractivity contribution in [2.24, 2.45) is 23.3 Å². The van der Waals surface area contributed by atoms with Crippen LogP contribution >= 0.6 is 0 Å². The lowest BCUT2D eigenvalue weighted by Gasteiger charge is -2.25. The third kappa shape index (κ3) is 4.73. The van der Waals surface area contributed by atoms with E-state index < -0.39 is 0 Å². The molecule has 0 aromatic rings. The van der Waals surface area contributed by atoms with Crippen LogP contribution in [0.25, 0.3) is 0 Å². The normalized spacial score (nSPS) is 19.2. The first-order chi connectivity index (χ1) is 5.45. The van der Waals surface area contributed by atoms with Gasteiger partial charge in [-0.2, -0.15) is 0 Å². The highest BCUT2D eigenvalue weighted by Crippen LogP contribution is 2.20. The van der Waals surface area contributed by atoms with Crippen LogP contribution in [-0.4, -0.2) is 12.1 Å². The molecule has 0 fully saturated rings. The third-order valence-corrected chi connectivity index (χ3v) is 2.49. The van der Waals surface area contributed by atoms with Crippen molar-refractivity contribution in [1.82, 2.24) is 0 Å². The molecule has 3 unspecified atom stereocenters. The van der Waals surface area contributed by atoms with E-state index in [4.69, 9.17) is 11.5 Å². The van der Waals surface area contributed by atoms with Crippen LogP contribution in [0, 0.1) is 11.8 Å². The van der Waals surface area contributed by atoms with Crippen LogP contribution in [0.3, 0.4) is 0 Å². The number of hydrogen-bond donors (Lipinski definition) is 2. The van der Waals surface area contributed by atoms with Gasteiger partial charge in [-0.25, -0.2) is 0 Å². The molecule has 4 N–H and O–H groups in total. The average molecular weight is 172 g/mol. The Morgan fingerprint density at radius 2 is 1.42 bits per heavy atom. The maximum atomic E-state index is 5.88. The lowest BCUT2D eigenvalue weighted by Crippen LogP contribution is -2.31. The molecule has 2 heteroatoms. The zero-order valence-corrected chi connectivity index (χ0v) is 8.88. The Labute approximate surface area is 76.7 Å². The molecule has 0 bridgehead atoms. The maximum Gasteiger partial charge on any atom is 0.00412 e. The second-order valence-electron chi connectivity index (χ2n) is 4.32. The molecule has 74 valence electrons. The fourth-order valence-electron chi connectivity index (χ4n) is 1.66. The van der Waals surface area contributed by atoms with E-state index in [-0.39, 0.29) is 0 Å². The smallest absolute Gasteiger partial charge is 0.00412 e. The second-order valence-corrected chi connectivity index (χ2v) is 4.32. The van der Waals surface area contributed by atoms with Gasteiger partial charge in [-0.15, -0.1) is 0 Å². The first-order valence-corrected chi connectivity index (χ1v) is 4.96. The van der Waals surface area contributed by atoms with E-state index in [0.717, 1.165) is 12.8 Å². The van der Waals surface area contributed by atoms with Gasteiger partial charge in [-0.1, -0.05) is 13.8 Å². The van der Waals surface area contributed by atoms with Crippen molar-refractivity contribution < 1.29 is 0 Å². The second kappa shape index (κ2) is 5.55. The molecule has 0 aliphatic rings. The highest BCUT2D eigenvalue weighted by molar-refractivity contribution is 4.73. The molecule has 0 aliphatic heterocycles. The van der Waals surface area contributed by atoms with Crippen LogP contribution in [0.15, 0.2) is 0 Å². The minimum atomic E-state index is 0.295. The molecule has 0 aromatic heterocycles. The summed E-state index contributed by atoms with van der Waals surface area (Å²) < 4.78 is 0. The van der Waals surface area contributed by atoms with Crippen molar-refractivity contribution in [2.75, 3.05) is 0 Å². The summed E-state index contributed by atoms with van der Waals surface area (Å²) in [4.78, 5) is 0. The van der Waals surface area contributed by atoms with Gasteiger partial charge in [0.25, 0.3) is 0 Å². The summed E-state index contributed by atoms with van der Waals surface area (Å²) in [5, 5.41) is 0. The van der Waals surface area contributed by atoms with E-state index in [1.807, 2.05) is 0 Å². The van der Waals surface area contributed by atoms with Gasteiger partial charge in [0, 0.05) is 12.1 Å². The molecule has 12 heavy (non-hydrogen) atoms. The summed E-state index contributed by atoms with van der Waals surface area (Å²) in [6, 6.07) is 0.605. The van der Waals surface area contributed by atoms with E-state index in [1.54, 1.807) is 0 Å². The van der Waals surface area contributed by atoms with Crippen LogP contribution in [-0.2, 0) is 0 Å². The molecular weight excluding hydrogens is 148 g/mol. The van der Waals surface area contributed by atoms with Gasteiger partial charge < -0.3 is 11.5 Å². The number of nitrogens with two attached hydrogens (primary N) is 2. The molecule has 0 heterocycles. The van der Waals surface area contributed by atoms with Gasteiger partial charge in [-0.05, 0) is 38.5 Å². The Morgan fingerprint density at radius 1 is 0.917 bits per heavy atom. The Kier molecular flexibility index (Phi) is 5.51. The molecular formula is C10H24N2. The first kappa shape index (κ1) is 11.9. The van der Waals surface area contributed by atoms with Gasteiger partial charge in [-0.3, -0.25) is 0 Å². The highest BCUT2D eigenvalue weighted by atomic mass is 14.6. The van der Waals surface area contributed by atoms with Crippen molar-refractivity contribution >= 4 is 0 Å². The Morgan fingerprint density at radius 3 is 1.67 bits per heavy atom. The van der Waals surface area contributed by atoms with Gasteiger partial charge in [0.2, 0.25) is 0 Å². The molecule has 3 atom stereocenters. The van der Waals surface area contributed by atoms with E-state index in [1.165, 1.54) is 0 Å². The molecule has 0 aliphatic carbocycles. The molecule has 0 saturated carbocycles. The van der Waals surface area contributed by atoms with E-state index in [9.17, 15) is 0 Å². The SMILES string of the molecule is CC(N)CCC(C(C)C)C(C)N. The summed E-state index contributed by atoms with van der Waals surface area (Å²) in [6.07, 6.45) is 2.25.